The highest BCUT2D eigenvalue weighted by Crippen LogP contribution is 2.26. The Labute approximate surface area is 128 Å². The van der Waals surface area contributed by atoms with Crippen LogP contribution in [0.5, 0.6) is 0 Å². The number of hydrogen-bond acceptors (Lipinski definition) is 3. The average molecular weight is 295 g/mol. The van der Waals surface area contributed by atoms with Crippen LogP contribution in [0.1, 0.15) is 52.0 Å². The van der Waals surface area contributed by atoms with E-state index in [1.165, 1.54) is 44.3 Å². The van der Waals surface area contributed by atoms with Gasteiger partial charge in [0.25, 0.3) is 0 Å². The molecule has 0 radical (unpaired) electrons. The first-order valence-corrected chi connectivity index (χ1v) is 9.08. The average Bonchev–Trinajstić information content (AvgIpc) is 2.97. The molecule has 0 aromatic carbocycles. The molecular formula is C17H30N2S. The molecule has 114 valence electrons. The molecule has 3 heteroatoms. The van der Waals surface area contributed by atoms with Gasteiger partial charge in [0, 0.05) is 11.6 Å². The van der Waals surface area contributed by atoms with E-state index in [1.54, 1.807) is 0 Å². The summed E-state index contributed by atoms with van der Waals surface area (Å²) < 4.78 is 0. The number of hydrogen-bond donors (Lipinski definition) is 1. The van der Waals surface area contributed by atoms with E-state index in [9.17, 15) is 0 Å². The number of likely N-dealkylation sites (tertiary alicyclic amines) is 1. The molecule has 1 aromatic rings. The lowest BCUT2D eigenvalue weighted by atomic mass is 9.86. The third kappa shape index (κ3) is 4.06. The summed E-state index contributed by atoms with van der Waals surface area (Å²) in [6.07, 6.45) is 6.48. The van der Waals surface area contributed by atoms with Crippen molar-refractivity contribution in [2.45, 2.75) is 64.5 Å². The van der Waals surface area contributed by atoms with E-state index >= 15 is 0 Å². The molecule has 0 aliphatic carbocycles. The second-order valence-electron chi connectivity index (χ2n) is 6.54. The molecule has 1 aliphatic rings. The summed E-state index contributed by atoms with van der Waals surface area (Å²) >= 11 is 1.81. The third-order valence-electron chi connectivity index (χ3n) is 4.68. The van der Waals surface area contributed by atoms with Crippen molar-refractivity contribution in [1.82, 2.24) is 10.2 Å². The normalized spacial score (nSPS) is 19.1. The first kappa shape index (κ1) is 16.0. The maximum atomic E-state index is 3.81. The Morgan fingerprint density at radius 1 is 1.30 bits per heavy atom. The molecule has 2 heterocycles. The number of thiophene rings is 1. The van der Waals surface area contributed by atoms with E-state index in [2.05, 4.69) is 47.8 Å². The first-order valence-electron chi connectivity index (χ1n) is 8.14. The van der Waals surface area contributed by atoms with Crippen LogP contribution in [0, 0.1) is 0 Å². The summed E-state index contributed by atoms with van der Waals surface area (Å²) in [6.45, 7) is 10.8. The van der Waals surface area contributed by atoms with Crippen molar-refractivity contribution >= 4 is 11.3 Å². The van der Waals surface area contributed by atoms with Gasteiger partial charge in [0.05, 0.1) is 0 Å². The smallest absolute Gasteiger partial charge is 0.0309 e. The van der Waals surface area contributed by atoms with E-state index in [1.807, 2.05) is 11.3 Å². The van der Waals surface area contributed by atoms with Crippen LogP contribution in [-0.4, -0.2) is 36.1 Å². The van der Waals surface area contributed by atoms with Crippen molar-refractivity contribution in [2.24, 2.45) is 0 Å². The van der Waals surface area contributed by atoms with Gasteiger partial charge < -0.3 is 5.32 Å². The Bertz CT molecular complexity index is 366. The molecule has 1 aliphatic heterocycles. The first-order chi connectivity index (χ1) is 9.64. The molecular weight excluding hydrogens is 264 g/mol. The van der Waals surface area contributed by atoms with Crippen LogP contribution in [0.3, 0.4) is 0 Å². The molecule has 2 nitrogen and oxygen atoms in total. The highest BCUT2D eigenvalue weighted by atomic mass is 32.1. The topological polar surface area (TPSA) is 15.3 Å². The summed E-state index contributed by atoms with van der Waals surface area (Å²) in [6, 6.07) is 2.81. The van der Waals surface area contributed by atoms with Gasteiger partial charge in [-0.25, -0.2) is 0 Å². The Kier molecular flexibility index (Phi) is 6.06. The van der Waals surface area contributed by atoms with Crippen LogP contribution in [0.25, 0.3) is 0 Å². The fraction of sp³-hybridized carbons (Fsp3) is 0.765. The molecule has 1 saturated heterocycles. The highest BCUT2D eigenvalue weighted by molar-refractivity contribution is 7.07. The van der Waals surface area contributed by atoms with Gasteiger partial charge in [-0.2, -0.15) is 11.3 Å². The maximum Gasteiger partial charge on any atom is 0.0309 e. The minimum Gasteiger partial charge on any atom is -0.312 e. The standard InChI is InChI=1S/C17H30N2S/c1-4-9-18-16(13-15-8-12-20-14-15)17(2,3)19-10-6-5-7-11-19/h8,12,14,16,18H,4-7,9-11,13H2,1-3H3. The largest absolute Gasteiger partial charge is 0.312 e. The Balaban J connectivity index is 2.06. The van der Waals surface area contributed by atoms with E-state index in [4.69, 9.17) is 0 Å². The van der Waals surface area contributed by atoms with Gasteiger partial charge in [0.2, 0.25) is 0 Å². The lowest BCUT2D eigenvalue weighted by Gasteiger charge is -2.46. The van der Waals surface area contributed by atoms with Crippen LogP contribution in [0.4, 0.5) is 0 Å². The fourth-order valence-electron chi connectivity index (χ4n) is 3.23. The Morgan fingerprint density at radius 3 is 2.65 bits per heavy atom. The maximum absolute atomic E-state index is 3.81. The van der Waals surface area contributed by atoms with E-state index in [0.717, 1.165) is 13.0 Å². The summed E-state index contributed by atoms with van der Waals surface area (Å²) in [7, 11) is 0. The molecule has 0 spiro atoms. The van der Waals surface area contributed by atoms with Crippen molar-refractivity contribution in [3.05, 3.63) is 22.4 Å². The zero-order chi connectivity index (χ0) is 14.4. The minimum absolute atomic E-state index is 0.234. The van der Waals surface area contributed by atoms with Crippen molar-refractivity contribution in [2.75, 3.05) is 19.6 Å². The van der Waals surface area contributed by atoms with Gasteiger partial charge in [-0.05, 0) is 81.6 Å². The van der Waals surface area contributed by atoms with Gasteiger partial charge in [0.15, 0.2) is 0 Å². The molecule has 1 fully saturated rings. The minimum atomic E-state index is 0.234. The number of rotatable bonds is 7. The number of nitrogens with one attached hydrogen (secondary N) is 1. The summed E-state index contributed by atoms with van der Waals surface area (Å²) in [5.74, 6) is 0. The van der Waals surface area contributed by atoms with Crippen molar-refractivity contribution in [3.63, 3.8) is 0 Å². The lowest BCUT2D eigenvalue weighted by molar-refractivity contribution is 0.0611. The van der Waals surface area contributed by atoms with Gasteiger partial charge in [-0.1, -0.05) is 13.3 Å². The van der Waals surface area contributed by atoms with Gasteiger partial charge in [-0.3, -0.25) is 4.90 Å². The molecule has 2 rings (SSSR count). The summed E-state index contributed by atoms with van der Waals surface area (Å²) in [4.78, 5) is 2.70. The molecule has 20 heavy (non-hydrogen) atoms. The van der Waals surface area contributed by atoms with Gasteiger partial charge in [0.1, 0.15) is 0 Å². The molecule has 1 unspecified atom stereocenters. The predicted octanol–water partition coefficient (Wildman–Crippen LogP) is 3.92. The Hall–Kier alpha value is -0.380. The van der Waals surface area contributed by atoms with Crippen molar-refractivity contribution in [3.8, 4) is 0 Å². The number of nitrogens with zero attached hydrogens (tertiary/aromatic N) is 1. The molecule has 1 aromatic heterocycles. The molecule has 1 N–H and O–H groups in total. The SMILES string of the molecule is CCCNC(Cc1ccsc1)C(C)(C)N1CCCCC1. The second-order valence-corrected chi connectivity index (χ2v) is 7.32. The Morgan fingerprint density at radius 2 is 2.05 bits per heavy atom. The lowest BCUT2D eigenvalue weighted by Crippen LogP contribution is -2.59. The number of piperidine rings is 1. The fourth-order valence-corrected chi connectivity index (χ4v) is 3.91. The van der Waals surface area contributed by atoms with Crippen LogP contribution in [0.2, 0.25) is 0 Å². The van der Waals surface area contributed by atoms with E-state index in [-0.39, 0.29) is 5.54 Å². The zero-order valence-corrected chi connectivity index (χ0v) is 14.1. The molecule has 1 atom stereocenters. The molecule has 0 amide bonds. The van der Waals surface area contributed by atoms with Crippen LogP contribution < -0.4 is 5.32 Å². The van der Waals surface area contributed by atoms with Crippen LogP contribution in [0.15, 0.2) is 16.8 Å². The summed E-state index contributed by atoms with van der Waals surface area (Å²) in [5, 5.41) is 8.30. The zero-order valence-electron chi connectivity index (χ0n) is 13.3. The van der Waals surface area contributed by atoms with Crippen molar-refractivity contribution < 1.29 is 0 Å². The molecule has 0 bridgehead atoms. The van der Waals surface area contributed by atoms with Crippen LogP contribution >= 0.6 is 11.3 Å². The highest BCUT2D eigenvalue weighted by Gasteiger charge is 2.35. The summed E-state index contributed by atoms with van der Waals surface area (Å²) in [5.41, 5.74) is 1.71. The van der Waals surface area contributed by atoms with Crippen LogP contribution in [-0.2, 0) is 6.42 Å². The van der Waals surface area contributed by atoms with E-state index < -0.39 is 0 Å². The quantitative estimate of drug-likeness (QED) is 0.820. The monoisotopic (exact) mass is 294 g/mol. The third-order valence-corrected chi connectivity index (χ3v) is 5.42. The van der Waals surface area contributed by atoms with Crippen molar-refractivity contribution in [1.29, 1.82) is 0 Å². The molecule has 0 saturated carbocycles. The predicted molar refractivity (Wildman–Crippen MR) is 89.6 cm³/mol. The van der Waals surface area contributed by atoms with Gasteiger partial charge in [-0.15, -0.1) is 0 Å². The van der Waals surface area contributed by atoms with E-state index in [0.29, 0.717) is 6.04 Å². The second kappa shape index (κ2) is 7.58. The van der Waals surface area contributed by atoms with Gasteiger partial charge >= 0.3 is 0 Å².